The highest BCUT2D eigenvalue weighted by Gasteiger charge is 2.32. The first-order valence-electron chi connectivity index (χ1n) is 10.1. The van der Waals surface area contributed by atoms with Crippen LogP contribution >= 0.6 is 0 Å². The molecule has 2 amide bonds. The van der Waals surface area contributed by atoms with Crippen molar-refractivity contribution in [1.82, 2.24) is 5.32 Å². The molecule has 0 saturated heterocycles. The van der Waals surface area contributed by atoms with Crippen molar-refractivity contribution >= 4 is 23.1 Å². The fourth-order valence-corrected chi connectivity index (χ4v) is 3.51. The van der Waals surface area contributed by atoms with Gasteiger partial charge in [-0.3, -0.25) is 0 Å². The quantitative estimate of drug-likeness (QED) is 0.537. The number of amides is 2. The van der Waals surface area contributed by atoms with E-state index in [-0.39, 0.29) is 5.69 Å². The van der Waals surface area contributed by atoms with E-state index in [9.17, 15) is 18.0 Å². The van der Waals surface area contributed by atoms with Crippen molar-refractivity contribution in [2.24, 2.45) is 5.10 Å². The summed E-state index contributed by atoms with van der Waals surface area (Å²) in [5.41, 5.74) is 1.58. The van der Waals surface area contributed by atoms with Crippen LogP contribution < -0.4 is 20.4 Å². The number of carbonyl (C=O) groups excluding carboxylic acids is 1. The van der Waals surface area contributed by atoms with Crippen molar-refractivity contribution in [2.45, 2.75) is 18.8 Å². The summed E-state index contributed by atoms with van der Waals surface area (Å²) in [7, 11) is 1.56. The average Bonchev–Trinajstić information content (AvgIpc) is 3.23. The van der Waals surface area contributed by atoms with Gasteiger partial charge in [-0.1, -0.05) is 42.5 Å². The van der Waals surface area contributed by atoms with Crippen LogP contribution in [0.4, 0.5) is 29.3 Å². The Morgan fingerprint density at radius 2 is 1.79 bits per heavy atom. The average molecular weight is 454 g/mol. The van der Waals surface area contributed by atoms with Crippen LogP contribution in [0.3, 0.4) is 0 Å². The monoisotopic (exact) mass is 454 g/mol. The molecule has 33 heavy (non-hydrogen) atoms. The number of nitrogens with one attached hydrogen (secondary N) is 2. The van der Waals surface area contributed by atoms with Gasteiger partial charge in [0, 0.05) is 18.2 Å². The van der Waals surface area contributed by atoms with E-state index >= 15 is 0 Å². The minimum atomic E-state index is -4.50. The fraction of sp³-hybridized carbons (Fsp3) is 0.167. The van der Waals surface area contributed by atoms with Crippen molar-refractivity contribution in [1.29, 1.82) is 0 Å². The molecule has 0 fully saturated rings. The van der Waals surface area contributed by atoms with E-state index < -0.39 is 23.9 Å². The molecule has 1 unspecified atom stereocenters. The maximum absolute atomic E-state index is 13.0. The molecule has 1 aliphatic rings. The van der Waals surface area contributed by atoms with Crippen LogP contribution in [0.25, 0.3) is 0 Å². The van der Waals surface area contributed by atoms with Crippen LogP contribution in [0.2, 0.25) is 0 Å². The molecule has 1 heterocycles. The molecule has 2 N–H and O–H groups in total. The number of anilines is 2. The molecule has 0 spiro atoms. The predicted octanol–water partition coefficient (Wildman–Crippen LogP) is 5.48. The fourth-order valence-electron chi connectivity index (χ4n) is 3.51. The SMILES string of the molecule is COc1cccc(N2N=C(c3ccccc3)CC2NC(=O)Nc2cccc(C(F)(F)F)c2)c1. The number of ether oxygens (including phenoxy) is 1. The van der Waals surface area contributed by atoms with Crippen LogP contribution in [0.5, 0.6) is 5.75 Å². The first kappa shape index (κ1) is 22.2. The first-order chi connectivity index (χ1) is 15.8. The number of halogens is 3. The topological polar surface area (TPSA) is 66.0 Å². The molecule has 170 valence electrons. The Kier molecular flexibility index (Phi) is 6.21. The molecule has 1 atom stereocenters. The normalized spacial score (nSPS) is 15.7. The molecule has 6 nitrogen and oxygen atoms in total. The lowest BCUT2D eigenvalue weighted by Crippen LogP contribution is -2.45. The Morgan fingerprint density at radius 1 is 1.03 bits per heavy atom. The van der Waals surface area contributed by atoms with Crippen LogP contribution in [-0.2, 0) is 6.18 Å². The Morgan fingerprint density at radius 3 is 2.52 bits per heavy atom. The zero-order chi connectivity index (χ0) is 23.4. The van der Waals surface area contributed by atoms with Gasteiger partial charge < -0.3 is 15.4 Å². The Hall–Kier alpha value is -4.01. The van der Waals surface area contributed by atoms with Gasteiger partial charge in [0.05, 0.1) is 24.1 Å². The van der Waals surface area contributed by atoms with Gasteiger partial charge in [0.15, 0.2) is 0 Å². The minimum absolute atomic E-state index is 0.0393. The van der Waals surface area contributed by atoms with E-state index in [0.29, 0.717) is 17.9 Å². The number of urea groups is 1. The predicted molar refractivity (Wildman–Crippen MR) is 120 cm³/mol. The third-order valence-electron chi connectivity index (χ3n) is 5.08. The molecule has 4 rings (SSSR count). The maximum atomic E-state index is 13.0. The van der Waals surface area contributed by atoms with Crippen LogP contribution in [0.15, 0.2) is 84.0 Å². The molecule has 3 aromatic rings. The number of alkyl halides is 3. The van der Waals surface area contributed by atoms with Crippen molar-refractivity contribution in [3.8, 4) is 5.75 Å². The maximum Gasteiger partial charge on any atom is 0.416 e. The zero-order valence-electron chi connectivity index (χ0n) is 17.6. The number of hydrogen-bond donors (Lipinski definition) is 2. The van der Waals surface area contributed by atoms with E-state index in [4.69, 9.17) is 9.84 Å². The van der Waals surface area contributed by atoms with Gasteiger partial charge in [0.2, 0.25) is 0 Å². The van der Waals surface area contributed by atoms with Gasteiger partial charge in [0.25, 0.3) is 0 Å². The highest BCUT2D eigenvalue weighted by atomic mass is 19.4. The third-order valence-corrected chi connectivity index (χ3v) is 5.08. The Balaban J connectivity index is 1.55. The van der Waals surface area contributed by atoms with Crippen LogP contribution in [0, 0.1) is 0 Å². The minimum Gasteiger partial charge on any atom is -0.497 e. The lowest BCUT2D eigenvalue weighted by atomic mass is 10.1. The number of carbonyl (C=O) groups is 1. The van der Waals surface area contributed by atoms with Crippen LogP contribution in [0.1, 0.15) is 17.5 Å². The molecule has 0 aromatic heterocycles. The summed E-state index contributed by atoms with van der Waals surface area (Å²) in [6.45, 7) is 0. The summed E-state index contributed by atoms with van der Waals surface area (Å²) in [6.07, 6.45) is -4.66. The summed E-state index contributed by atoms with van der Waals surface area (Å²) >= 11 is 0. The highest BCUT2D eigenvalue weighted by molar-refractivity contribution is 6.03. The summed E-state index contributed by atoms with van der Waals surface area (Å²) in [5, 5.41) is 11.6. The number of hydrazone groups is 1. The van der Waals surface area contributed by atoms with E-state index in [2.05, 4.69) is 10.6 Å². The lowest BCUT2D eigenvalue weighted by Gasteiger charge is -2.25. The van der Waals surface area contributed by atoms with Gasteiger partial charge in [-0.05, 0) is 35.9 Å². The molecule has 0 radical (unpaired) electrons. The summed E-state index contributed by atoms with van der Waals surface area (Å²) < 4.78 is 44.2. The largest absolute Gasteiger partial charge is 0.497 e. The summed E-state index contributed by atoms with van der Waals surface area (Å²) in [5.74, 6) is 0.628. The highest BCUT2D eigenvalue weighted by Crippen LogP contribution is 2.31. The van der Waals surface area contributed by atoms with Crippen molar-refractivity contribution in [2.75, 3.05) is 17.4 Å². The molecular formula is C24H21F3N4O2. The molecule has 3 aromatic carbocycles. The number of rotatable bonds is 5. The van der Waals surface area contributed by atoms with Crippen molar-refractivity contribution in [3.05, 3.63) is 90.0 Å². The molecule has 0 saturated carbocycles. The number of benzene rings is 3. The van der Waals surface area contributed by atoms with E-state index in [1.807, 2.05) is 42.5 Å². The number of hydrogen-bond acceptors (Lipinski definition) is 4. The van der Waals surface area contributed by atoms with E-state index in [1.165, 1.54) is 12.1 Å². The second kappa shape index (κ2) is 9.23. The van der Waals surface area contributed by atoms with Crippen molar-refractivity contribution in [3.63, 3.8) is 0 Å². The molecule has 0 aliphatic carbocycles. The van der Waals surface area contributed by atoms with Gasteiger partial charge in [-0.25, -0.2) is 9.80 Å². The van der Waals surface area contributed by atoms with Gasteiger partial charge >= 0.3 is 12.2 Å². The Bertz CT molecular complexity index is 1170. The molecule has 0 bridgehead atoms. The second-order valence-corrected chi connectivity index (χ2v) is 7.36. The lowest BCUT2D eigenvalue weighted by molar-refractivity contribution is -0.137. The second-order valence-electron chi connectivity index (χ2n) is 7.36. The van der Waals surface area contributed by atoms with Gasteiger partial charge in [-0.2, -0.15) is 18.3 Å². The van der Waals surface area contributed by atoms with Crippen molar-refractivity contribution < 1.29 is 22.7 Å². The Labute approximate surface area is 188 Å². The van der Waals surface area contributed by atoms with Crippen LogP contribution in [-0.4, -0.2) is 25.0 Å². The molecule has 9 heteroatoms. The third kappa shape index (κ3) is 5.25. The summed E-state index contributed by atoms with van der Waals surface area (Å²) in [6, 6.07) is 20.6. The smallest absolute Gasteiger partial charge is 0.416 e. The van der Waals surface area contributed by atoms with E-state index in [0.717, 1.165) is 23.4 Å². The first-order valence-corrected chi connectivity index (χ1v) is 10.1. The number of methoxy groups -OCH3 is 1. The van der Waals surface area contributed by atoms with Gasteiger partial charge in [0.1, 0.15) is 11.9 Å². The molecular weight excluding hydrogens is 433 g/mol. The number of nitrogens with zero attached hydrogens (tertiary/aromatic N) is 2. The molecule has 1 aliphatic heterocycles. The standard InChI is InChI=1S/C24H21F3N4O2/c1-33-20-12-6-11-19(14-20)31-22(15-21(30-31)16-7-3-2-4-8-16)29-23(32)28-18-10-5-9-17(13-18)24(25,26)27/h2-14,22H,15H2,1H3,(H2,28,29,32). The van der Waals surface area contributed by atoms with E-state index in [1.54, 1.807) is 24.3 Å². The summed E-state index contributed by atoms with van der Waals surface area (Å²) in [4.78, 5) is 12.7. The zero-order valence-corrected chi connectivity index (χ0v) is 17.6. The van der Waals surface area contributed by atoms with Gasteiger partial charge in [-0.15, -0.1) is 0 Å².